The molecule has 0 radical (unpaired) electrons. The Morgan fingerprint density at radius 1 is 0.571 bits per heavy atom. The number of carbonyl (C=O) groups excluding carboxylic acids is 9. The van der Waals surface area contributed by atoms with E-state index < -0.39 is 78.0 Å². The van der Waals surface area contributed by atoms with Gasteiger partial charge in [0.05, 0.1) is 42.5 Å². The van der Waals surface area contributed by atoms with Gasteiger partial charge in [-0.15, -0.1) is 0 Å². The largest absolute Gasteiger partial charge is 0.464 e. The van der Waals surface area contributed by atoms with E-state index >= 15 is 0 Å². The molecular formula is C29H34I3N3O14. The highest BCUT2D eigenvalue weighted by atomic mass is 127. The molecule has 0 aliphatic heterocycles. The van der Waals surface area contributed by atoms with Gasteiger partial charge in [0.1, 0.15) is 26.4 Å². The van der Waals surface area contributed by atoms with E-state index in [1.54, 1.807) is 67.8 Å². The number of benzene rings is 1. The molecule has 0 fully saturated rings. The summed E-state index contributed by atoms with van der Waals surface area (Å²) >= 11 is 5.28. The second-order valence-electron chi connectivity index (χ2n) is 10.1. The lowest BCUT2D eigenvalue weighted by Gasteiger charge is -2.23. The van der Waals surface area contributed by atoms with E-state index in [0.29, 0.717) is 0 Å². The molecule has 0 heterocycles. The second kappa shape index (κ2) is 21.1. The maximum Gasteiger partial charge on any atom is 0.303 e. The summed E-state index contributed by atoms with van der Waals surface area (Å²) < 4.78 is 25.1. The average molecular weight is 1030 g/mol. The Labute approximate surface area is 321 Å². The molecule has 20 heteroatoms. The van der Waals surface area contributed by atoms with E-state index in [0.717, 1.165) is 34.6 Å². The summed E-state index contributed by atoms with van der Waals surface area (Å²) in [6, 6.07) is -2.06. The van der Waals surface area contributed by atoms with Crippen molar-refractivity contribution >= 4 is 127 Å². The molecule has 0 saturated heterocycles. The van der Waals surface area contributed by atoms with Gasteiger partial charge >= 0.3 is 29.8 Å². The number of ether oxygens (including phenoxy) is 5. The van der Waals surface area contributed by atoms with E-state index in [4.69, 9.17) is 23.7 Å². The lowest BCUT2D eigenvalue weighted by atomic mass is 10.1. The summed E-state index contributed by atoms with van der Waals surface area (Å²) in [4.78, 5) is 110. The zero-order chi connectivity index (χ0) is 37.6. The lowest BCUT2D eigenvalue weighted by Crippen LogP contribution is -2.44. The third-order valence-electron chi connectivity index (χ3n) is 5.79. The zero-order valence-electron chi connectivity index (χ0n) is 27.1. The molecule has 0 bridgehead atoms. The Morgan fingerprint density at radius 2 is 0.918 bits per heavy atom. The molecule has 3 N–H and O–H groups in total. The van der Waals surface area contributed by atoms with E-state index in [9.17, 15) is 43.2 Å². The number of Topliss-reactive ketones (excluding diaryl/α,β-unsaturated/α-hetero) is 1. The predicted molar refractivity (Wildman–Crippen MR) is 193 cm³/mol. The Morgan fingerprint density at radius 3 is 1.22 bits per heavy atom. The molecule has 3 amide bonds. The highest BCUT2D eigenvalue weighted by Crippen LogP contribution is 2.36. The first-order valence-electron chi connectivity index (χ1n) is 14.1. The van der Waals surface area contributed by atoms with Gasteiger partial charge in [-0.05, 0) is 74.7 Å². The predicted octanol–water partition coefficient (Wildman–Crippen LogP) is 1.80. The lowest BCUT2D eigenvalue weighted by molar-refractivity contribution is -0.152. The maximum absolute atomic E-state index is 13.8. The molecule has 0 unspecified atom stereocenters. The number of halogens is 3. The van der Waals surface area contributed by atoms with Crippen LogP contribution in [0.4, 0.5) is 5.69 Å². The van der Waals surface area contributed by atoms with Crippen LogP contribution in [0.15, 0.2) is 0 Å². The molecule has 0 saturated carbocycles. The first-order valence-corrected chi connectivity index (χ1v) is 17.3. The number of anilines is 1. The van der Waals surface area contributed by atoms with Gasteiger partial charge < -0.3 is 39.6 Å². The fourth-order valence-electron chi connectivity index (χ4n) is 3.62. The summed E-state index contributed by atoms with van der Waals surface area (Å²) in [7, 11) is 0. The molecule has 0 spiro atoms. The molecule has 1 aromatic rings. The Hall–Kier alpha value is -3.16. The topological polar surface area (TPSA) is 236 Å². The smallest absolute Gasteiger partial charge is 0.303 e. The molecule has 0 aliphatic carbocycles. The summed E-state index contributed by atoms with van der Waals surface area (Å²) in [6.45, 7) is 5.47. The number of amides is 3. The minimum atomic E-state index is -1.22. The molecule has 1 rings (SSSR count). The van der Waals surface area contributed by atoms with Crippen LogP contribution in [-0.4, -0.2) is 98.0 Å². The van der Waals surface area contributed by atoms with Crippen LogP contribution in [0.2, 0.25) is 0 Å². The maximum atomic E-state index is 13.8. The molecule has 49 heavy (non-hydrogen) atoms. The Bertz CT molecular complexity index is 1380. The van der Waals surface area contributed by atoms with Crippen LogP contribution in [0.1, 0.15) is 68.7 Å². The molecule has 0 aliphatic rings. The van der Waals surface area contributed by atoms with Crippen molar-refractivity contribution in [2.24, 2.45) is 0 Å². The highest BCUT2D eigenvalue weighted by molar-refractivity contribution is 14.1. The van der Waals surface area contributed by atoms with Crippen molar-refractivity contribution in [3.63, 3.8) is 0 Å². The third-order valence-corrected chi connectivity index (χ3v) is 9.02. The Kier molecular flexibility index (Phi) is 18.9. The Balaban J connectivity index is 3.72. The van der Waals surface area contributed by atoms with Gasteiger partial charge in [-0.2, -0.15) is 0 Å². The summed E-state index contributed by atoms with van der Waals surface area (Å²) in [5.74, 6) is -6.63. The van der Waals surface area contributed by atoms with Gasteiger partial charge in [0.2, 0.25) is 5.91 Å². The first kappa shape index (κ1) is 43.9. The van der Waals surface area contributed by atoms with Crippen LogP contribution < -0.4 is 16.0 Å². The van der Waals surface area contributed by atoms with Crippen molar-refractivity contribution in [1.29, 1.82) is 0 Å². The zero-order valence-corrected chi connectivity index (χ0v) is 33.6. The van der Waals surface area contributed by atoms with E-state index in [-0.39, 0.29) is 54.0 Å². The molecule has 0 aromatic heterocycles. The molecule has 270 valence electrons. The second-order valence-corrected chi connectivity index (χ2v) is 13.3. The van der Waals surface area contributed by atoms with Crippen LogP contribution in [-0.2, 0) is 57.2 Å². The standard InChI is InChI=1S/C29H34I3N3O14/c1-12(49-17(6)40)20(41)7-21(42)35-27-25(31)22(28(43)33-18(8-45-13(2)36)9-46-14(3)37)24(30)23(26(27)32)29(44)34-19(10-47-15(4)38)11-48-16(5)39/h12,18-19H,7-11H2,1-6H3,(H,33,43)(H,34,44)(H,35,42)/t12-/m0/s1. The van der Waals surface area contributed by atoms with Crippen LogP contribution in [0.25, 0.3) is 0 Å². The SMILES string of the molecule is CC(=O)OCC(COC(C)=O)NC(=O)c1c(I)c(NC(=O)CC(=O)[C@H](C)OC(C)=O)c(I)c(C(=O)NC(COC(C)=O)COC(C)=O)c1I. The van der Waals surface area contributed by atoms with Gasteiger partial charge in [0, 0.05) is 38.2 Å². The van der Waals surface area contributed by atoms with Crippen molar-refractivity contribution in [3.8, 4) is 0 Å². The molecule has 17 nitrogen and oxygen atoms in total. The van der Waals surface area contributed by atoms with Gasteiger partial charge in [0.15, 0.2) is 11.9 Å². The molecular weight excluding hydrogens is 995 g/mol. The van der Waals surface area contributed by atoms with Crippen molar-refractivity contribution in [3.05, 3.63) is 21.8 Å². The number of rotatable bonds is 17. The first-order chi connectivity index (χ1) is 22.7. The summed E-state index contributed by atoms with van der Waals surface area (Å²) in [5.41, 5.74) is -0.300. The van der Waals surface area contributed by atoms with Crippen LogP contribution >= 0.6 is 67.8 Å². The van der Waals surface area contributed by atoms with Crippen LogP contribution in [0.5, 0.6) is 0 Å². The molecule has 1 aromatic carbocycles. The number of hydrogen-bond donors (Lipinski definition) is 3. The van der Waals surface area contributed by atoms with Crippen LogP contribution in [0, 0.1) is 10.7 Å². The van der Waals surface area contributed by atoms with Gasteiger partial charge in [-0.25, -0.2) is 0 Å². The third kappa shape index (κ3) is 15.5. The van der Waals surface area contributed by atoms with Gasteiger partial charge in [-0.1, -0.05) is 0 Å². The number of ketones is 1. The van der Waals surface area contributed by atoms with Gasteiger partial charge in [-0.3, -0.25) is 43.2 Å². The fraction of sp³-hybridized carbons (Fsp3) is 0.483. The molecule has 1 atom stereocenters. The number of carbonyl (C=O) groups is 9. The van der Waals surface area contributed by atoms with E-state index in [1.807, 2.05) is 0 Å². The highest BCUT2D eigenvalue weighted by Gasteiger charge is 2.31. The minimum Gasteiger partial charge on any atom is -0.464 e. The van der Waals surface area contributed by atoms with Crippen molar-refractivity contribution in [2.75, 3.05) is 31.7 Å². The number of nitrogens with one attached hydrogen (secondary N) is 3. The summed E-state index contributed by atoms with van der Waals surface area (Å²) in [6.07, 6.45) is -1.95. The number of esters is 5. The van der Waals surface area contributed by atoms with Crippen molar-refractivity contribution < 1.29 is 66.8 Å². The van der Waals surface area contributed by atoms with Crippen LogP contribution in [0.3, 0.4) is 0 Å². The van der Waals surface area contributed by atoms with E-state index in [2.05, 4.69) is 16.0 Å². The van der Waals surface area contributed by atoms with Crippen molar-refractivity contribution in [1.82, 2.24) is 10.6 Å². The average Bonchev–Trinajstić information content (AvgIpc) is 2.97. The monoisotopic (exact) mass is 1030 g/mol. The van der Waals surface area contributed by atoms with Crippen molar-refractivity contribution in [2.45, 2.75) is 66.2 Å². The fourth-order valence-corrected chi connectivity index (χ4v) is 8.04. The quantitative estimate of drug-likeness (QED) is 0.0874. The number of hydrogen-bond acceptors (Lipinski definition) is 14. The summed E-state index contributed by atoms with van der Waals surface area (Å²) in [5, 5.41) is 7.74. The van der Waals surface area contributed by atoms with Gasteiger partial charge in [0.25, 0.3) is 11.8 Å². The van der Waals surface area contributed by atoms with E-state index in [1.165, 1.54) is 6.92 Å². The minimum absolute atomic E-state index is 0.0390. The normalized spacial score (nSPS) is 11.2.